The number of furan rings is 1. The molecule has 0 aliphatic heterocycles. The Hall–Kier alpha value is -3.32. The standard InChI is InChI=1S/C22H20N2O4S/c1-4-11-24-16-10-9-15(26-3)13-19(16)29-22(24)23-21(25)18-12-14-7-6-8-17(27-5-2)20(14)28-18/h4,6-10,12-13H,1,5,11H2,2-3H3. The number of carbonyl (C=O) groups is 1. The second kappa shape index (κ2) is 7.97. The summed E-state index contributed by atoms with van der Waals surface area (Å²) in [7, 11) is 1.62. The monoisotopic (exact) mass is 408 g/mol. The molecule has 0 N–H and O–H groups in total. The lowest BCUT2D eigenvalue weighted by Crippen LogP contribution is -2.16. The number of hydrogen-bond donors (Lipinski definition) is 0. The zero-order valence-corrected chi connectivity index (χ0v) is 17.0. The topological polar surface area (TPSA) is 66.0 Å². The largest absolute Gasteiger partial charge is 0.497 e. The molecule has 4 rings (SSSR count). The van der Waals surface area contributed by atoms with E-state index in [1.807, 2.05) is 47.9 Å². The SMILES string of the molecule is C=CCn1c(=NC(=O)c2cc3cccc(OCC)c3o2)sc2cc(OC)ccc21. The second-order valence-electron chi connectivity index (χ2n) is 6.25. The first kappa shape index (κ1) is 19.0. The lowest BCUT2D eigenvalue weighted by molar-refractivity contribution is 0.0973. The highest BCUT2D eigenvalue weighted by atomic mass is 32.1. The number of ether oxygens (including phenoxy) is 2. The molecule has 0 aliphatic carbocycles. The van der Waals surface area contributed by atoms with E-state index in [-0.39, 0.29) is 5.76 Å². The van der Waals surface area contributed by atoms with Crippen molar-refractivity contribution < 1.29 is 18.7 Å². The Kier molecular flexibility index (Phi) is 5.22. The molecule has 0 radical (unpaired) electrons. The van der Waals surface area contributed by atoms with Crippen LogP contribution < -0.4 is 14.3 Å². The van der Waals surface area contributed by atoms with E-state index in [1.54, 1.807) is 19.3 Å². The molecule has 0 aliphatic rings. The molecular formula is C22H20N2O4S. The molecule has 0 spiro atoms. The first-order valence-corrected chi connectivity index (χ1v) is 9.99. The third-order valence-electron chi connectivity index (χ3n) is 4.42. The highest BCUT2D eigenvalue weighted by Crippen LogP contribution is 2.29. The van der Waals surface area contributed by atoms with E-state index in [0.717, 1.165) is 21.4 Å². The number of carbonyl (C=O) groups excluding carboxylic acids is 1. The van der Waals surface area contributed by atoms with Crippen LogP contribution >= 0.6 is 11.3 Å². The molecule has 7 heteroatoms. The predicted molar refractivity (Wildman–Crippen MR) is 114 cm³/mol. The molecule has 148 valence electrons. The van der Waals surface area contributed by atoms with Crippen molar-refractivity contribution in [3.63, 3.8) is 0 Å². The number of amides is 1. The maximum Gasteiger partial charge on any atom is 0.315 e. The van der Waals surface area contributed by atoms with E-state index in [0.29, 0.717) is 29.3 Å². The van der Waals surface area contributed by atoms with Crippen molar-refractivity contribution in [3.05, 3.63) is 65.7 Å². The van der Waals surface area contributed by atoms with Gasteiger partial charge in [-0.3, -0.25) is 4.79 Å². The number of nitrogens with zero attached hydrogens (tertiary/aromatic N) is 2. The average Bonchev–Trinajstić information content (AvgIpc) is 3.30. The minimum atomic E-state index is -0.444. The Labute approximate surface area is 171 Å². The van der Waals surface area contributed by atoms with E-state index in [4.69, 9.17) is 13.9 Å². The van der Waals surface area contributed by atoms with Gasteiger partial charge in [0, 0.05) is 11.9 Å². The van der Waals surface area contributed by atoms with Crippen LogP contribution in [0.5, 0.6) is 11.5 Å². The molecule has 4 aromatic rings. The predicted octanol–water partition coefficient (Wildman–Crippen LogP) is 4.78. The van der Waals surface area contributed by atoms with Crippen LogP contribution in [-0.4, -0.2) is 24.2 Å². The molecule has 6 nitrogen and oxygen atoms in total. The Balaban J connectivity index is 1.81. The molecule has 2 aromatic heterocycles. The highest BCUT2D eigenvalue weighted by molar-refractivity contribution is 7.16. The van der Waals surface area contributed by atoms with Gasteiger partial charge >= 0.3 is 5.91 Å². The first-order valence-electron chi connectivity index (χ1n) is 9.17. The van der Waals surface area contributed by atoms with Crippen LogP contribution in [0, 0.1) is 0 Å². The lowest BCUT2D eigenvalue weighted by atomic mass is 10.2. The number of aromatic nitrogens is 1. The van der Waals surface area contributed by atoms with Gasteiger partial charge in [0.05, 0.1) is 23.9 Å². The molecule has 1 amide bonds. The van der Waals surface area contributed by atoms with Crippen molar-refractivity contribution in [2.45, 2.75) is 13.5 Å². The average molecular weight is 408 g/mol. The summed E-state index contributed by atoms with van der Waals surface area (Å²) in [4.78, 5) is 17.8. The van der Waals surface area contributed by atoms with Crippen LogP contribution in [0.2, 0.25) is 0 Å². The van der Waals surface area contributed by atoms with Gasteiger partial charge in [-0.25, -0.2) is 0 Å². The van der Waals surface area contributed by atoms with Crippen LogP contribution in [-0.2, 0) is 6.54 Å². The maximum atomic E-state index is 12.9. The number of methoxy groups -OCH3 is 1. The Bertz CT molecular complexity index is 1280. The highest BCUT2D eigenvalue weighted by Gasteiger charge is 2.16. The number of para-hydroxylation sites is 1. The zero-order valence-electron chi connectivity index (χ0n) is 16.2. The fourth-order valence-corrected chi connectivity index (χ4v) is 4.19. The van der Waals surface area contributed by atoms with Gasteiger partial charge in [-0.15, -0.1) is 6.58 Å². The number of hydrogen-bond acceptors (Lipinski definition) is 5. The summed E-state index contributed by atoms with van der Waals surface area (Å²) in [6, 6.07) is 13.0. The number of allylic oxidation sites excluding steroid dienone is 1. The van der Waals surface area contributed by atoms with Crippen molar-refractivity contribution in [2.24, 2.45) is 4.99 Å². The molecule has 0 fully saturated rings. The van der Waals surface area contributed by atoms with E-state index < -0.39 is 5.91 Å². The van der Waals surface area contributed by atoms with Gasteiger partial charge in [-0.1, -0.05) is 29.5 Å². The molecule has 0 saturated carbocycles. The van der Waals surface area contributed by atoms with Crippen molar-refractivity contribution in [1.29, 1.82) is 0 Å². The minimum Gasteiger partial charge on any atom is -0.497 e. The molecule has 0 unspecified atom stereocenters. The van der Waals surface area contributed by atoms with Gasteiger partial charge in [-0.05, 0) is 37.3 Å². The van der Waals surface area contributed by atoms with Gasteiger partial charge in [0.1, 0.15) is 5.75 Å². The summed E-state index contributed by atoms with van der Waals surface area (Å²) in [5.74, 6) is 1.09. The molecule has 29 heavy (non-hydrogen) atoms. The van der Waals surface area contributed by atoms with Crippen LogP contribution in [0.25, 0.3) is 21.2 Å². The summed E-state index contributed by atoms with van der Waals surface area (Å²) in [5.41, 5.74) is 1.51. The summed E-state index contributed by atoms with van der Waals surface area (Å²) >= 11 is 1.42. The molecule has 2 heterocycles. The quantitative estimate of drug-likeness (QED) is 0.431. The maximum absolute atomic E-state index is 12.9. The molecule has 0 atom stereocenters. The number of fused-ring (bicyclic) bond motifs is 2. The van der Waals surface area contributed by atoms with Gasteiger partial charge < -0.3 is 18.5 Å². The Morgan fingerprint density at radius 3 is 2.93 bits per heavy atom. The number of thiazole rings is 1. The summed E-state index contributed by atoms with van der Waals surface area (Å²) in [6.07, 6.45) is 1.77. The summed E-state index contributed by atoms with van der Waals surface area (Å²) in [6.45, 7) is 6.76. The smallest absolute Gasteiger partial charge is 0.315 e. The van der Waals surface area contributed by atoms with E-state index >= 15 is 0 Å². The first-order chi connectivity index (χ1) is 14.1. The van der Waals surface area contributed by atoms with Crippen LogP contribution in [0.4, 0.5) is 0 Å². The van der Waals surface area contributed by atoms with Crippen LogP contribution in [0.15, 0.2) is 64.5 Å². The molecule has 0 bridgehead atoms. The molecule has 2 aromatic carbocycles. The number of rotatable bonds is 6. The van der Waals surface area contributed by atoms with E-state index in [2.05, 4.69) is 11.6 Å². The number of benzene rings is 2. The van der Waals surface area contributed by atoms with Crippen molar-refractivity contribution >= 4 is 38.4 Å². The van der Waals surface area contributed by atoms with E-state index in [9.17, 15) is 4.79 Å². The van der Waals surface area contributed by atoms with Gasteiger partial charge in [0.2, 0.25) is 0 Å². The Morgan fingerprint density at radius 2 is 2.17 bits per heavy atom. The van der Waals surface area contributed by atoms with Crippen molar-refractivity contribution in [2.75, 3.05) is 13.7 Å². The zero-order chi connectivity index (χ0) is 20.4. The van der Waals surface area contributed by atoms with Crippen LogP contribution in [0.1, 0.15) is 17.5 Å². The van der Waals surface area contributed by atoms with Crippen molar-refractivity contribution in [1.82, 2.24) is 4.57 Å². The van der Waals surface area contributed by atoms with Crippen LogP contribution in [0.3, 0.4) is 0 Å². The normalized spacial score (nSPS) is 11.9. The lowest BCUT2D eigenvalue weighted by Gasteiger charge is -2.02. The Morgan fingerprint density at radius 1 is 1.31 bits per heavy atom. The van der Waals surface area contributed by atoms with E-state index in [1.165, 1.54) is 11.3 Å². The fraction of sp³-hybridized carbons (Fsp3) is 0.182. The summed E-state index contributed by atoms with van der Waals surface area (Å²) < 4.78 is 19.6. The van der Waals surface area contributed by atoms with Gasteiger partial charge in [-0.2, -0.15) is 4.99 Å². The third kappa shape index (κ3) is 3.56. The van der Waals surface area contributed by atoms with Gasteiger partial charge in [0.15, 0.2) is 21.9 Å². The fourth-order valence-electron chi connectivity index (χ4n) is 3.12. The minimum absolute atomic E-state index is 0.173. The van der Waals surface area contributed by atoms with Gasteiger partial charge in [0.25, 0.3) is 0 Å². The van der Waals surface area contributed by atoms with Crippen molar-refractivity contribution in [3.8, 4) is 11.5 Å². The second-order valence-corrected chi connectivity index (χ2v) is 7.26. The summed E-state index contributed by atoms with van der Waals surface area (Å²) in [5, 5.41) is 0.801. The third-order valence-corrected chi connectivity index (χ3v) is 5.46. The molecular weight excluding hydrogens is 388 g/mol. The molecule has 0 saturated heterocycles.